The molecule has 3 aliphatic rings. The Balaban J connectivity index is 1.11. The molecule has 3 aliphatic heterocycles. The Morgan fingerprint density at radius 2 is 1.46 bits per heavy atom. The molecule has 0 bridgehead atoms. The zero-order valence-electron chi connectivity index (χ0n) is 28.1. The van der Waals surface area contributed by atoms with E-state index >= 15 is 0 Å². The molecule has 0 spiro atoms. The summed E-state index contributed by atoms with van der Waals surface area (Å²) < 4.78 is 0. The Kier molecular flexibility index (Phi) is 9.73. The van der Waals surface area contributed by atoms with Crippen LogP contribution in [0.5, 0.6) is 0 Å². The molecule has 0 aliphatic carbocycles. The summed E-state index contributed by atoms with van der Waals surface area (Å²) in [5.74, 6) is 0.199. The van der Waals surface area contributed by atoms with Crippen molar-refractivity contribution in [2.45, 2.75) is 90.3 Å². The summed E-state index contributed by atoms with van der Waals surface area (Å²) in [6.45, 7) is 14.5. The first kappa shape index (κ1) is 32.2. The summed E-state index contributed by atoms with van der Waals surface area (Å²) >= 11 is 0. The first-order valence-corrected chi connectivity index (χ1v) is 17.3. The van der Waals surface area contributed by atoms with E-state index in [1.807, 2.05) is 30.6 Å². The minimum atomic E-state index is -0.116. The van der Waals surface area contributed by atoms with Gasteiger partial charge >= 0.3 is 0 Å². The van der Waals surface area contributed by atoms with Crippen molar-refractivity contribution in [1.29, 1.82) is 0 Å². The molecule has 0 radical (unpaired) electrons. The number of hydrogen-bond donors (Lipinski definition) is 0. The maximum absolute atomic E-state index is 13.4. The van der Waals surface area contributed by atoms with Gasteiger partial charge in [-0.05, 0) is 89.5 Å². The van der Waals surface area contributed by atoms with Gasteiger partial charge in [-0.25, -0.2) is 9.97 Å². The zero-order valence-corrected chi connectivity index (χ0v) is 28.1. The number of anilines is 1. The second kappa shape index (κ2) is 13.9. The Morgan fingerprint density at radius 3 is 2.07 bits per heavy atom. The highest BCUT2D eigenvalue weighted by atomic mass is 16.2. The molecule has 4 heterocycles. The van der Waals surface area contributed by atoms with E-state index in [2.05, 4.69) is 81.3 Å². The molecule has 1 unspecified atom stereocenters. The third-order valence-electron chi connectivity index (χ3n) is 10.9. The lowest BCUT2D eigenvalue weighted by Gasteiger charge is -2.50. The number of piperidine rings is 2. The van der Waals surface area contributed by atoms with Gasteiger partial charge in [-0.3, -0.25) is 14.5 Å². The molecule has 3 fully saturated rings. The average Bonchev–Trinajstić information content (AvgIpc) is 3.63. The SMILES string of the molecule is Cc1ncnc(C)c1C(=O)N1CCC(C)(N2CCC(N(Cc3ccccc3)c3ccc(C(C)C(=O)N4CCCC4)cc3)CC2)CC1. The molecule has 6 rings (SSSR count). The molecule has 3 aromatic rings. The number of rotatable bonds is 8. The predicted octanol–water partition coefficient (Wildman–Crippen LogP) is 5.99. The molecule has 2 amide bonds. The summed E-state index contributed by atoms with van der Waals surface area (Å²) in [5, 5.41) is 0. The van der Waals surface area contributed by atoms with Crippen LogP contribution in [0.3, 0.4) is 0 Å². The second-order valence-electron chi connectivity index (χ2n) is 13.9. The lowest BCUT2D eigenvalue weighted by molar-refractivity contribution is -0.131. The lowest BCUT2D eigenvalue weighted by atomic mass is 9.85. The van der Waals surface area contributed by atoms with Crippen LogP contribution in [-0.2, 0) is 11.3 Å². The third kappa shape index (κ3) is 6.82. The fourth-order valence-electron chi connectivity index (χ4n) is 7.81. The van der Waals surface area contributed by atoms with E-state index in [1.54, 1.807) is 0 Å². The smallest absolute Gasteiger partial charge is 0.257 e. The highest BCUT2D eigenvalue weighted by Gasteiger charge is 2.40. The van der Waals surface area contributed by atoms with E-state index < -0.39 is 0 Å². The molecule has 0 N–H and O–H groups in total. The van der Waals surface area contributed by atoms with Crippen molar-refractivity contribution >= 4 is 17.5 Å². The van der Waals surface area contributed by atoms with E-state index in [9.17, 15) is 9.59 Å². The largest absolute Gasteiger partial charge is 0.364 e. The van der Waals surface area contributed by atoms with Crippen LogP contribution >= 0.6 is 0 Å². The zero-order chi connectivity index (χ0) is 32.3. The molecular weight excluding hydrogens is 572 g/mol. The quantitative estimate of drug-likeness (QED) is 0.308. The molecule has 8 nitrogen and oxygen atoms in total. The van der Waals surface area contributed by atoms with Crippen molar-refractivity contribution in [3.8, 4) is 0 Å². The molecular formula is C38H50N6O2. The second-order valence-corrected chi connectivity index (χ2v) is 13.9. The van der Waals surface area contributed by atoms with Gasteiger partial charge in [0.25, 0.3) is 5.91 Å². The van der Waals surface area contributed by atoms with Crippen molar-refractivity contribution in [2.24, 2.45) is 0 Å². The molecule has 1 aromatic heterocycles. The van der Waals surface area contributed by atoms with Crippen LogP contribution in [0.25, 0.3) is 0 Å². The molecule has 244 valence electrons. The number of benzene rings is 2. The maximum atomic E-state index is 13.4. The maximum Gasteiger partial charge on any atom is 0.257 e. The number of amides is 2. The van der Waals surface area contributed by atoms with E-state index in [0.29, 0.717) is 11.6 Å². The molecule has 0 saturated carbocycles. The summed E-state index contributed by atoms with van der Waals surface area (Å²) in [4.78, 5) is 44.3. The van der Waals surface area contributed by atoms with E-state index in [0.717, 1.165) is 101 Å². The van der Waals surface area contributed by atoms with Gasteiger partial charge < -0.3 is 14.7 Å². The Labute approximate surface area is 274 Å². The molecule has 8 heteroatoms. The molecule has 1 atom stereocenters. The Bertz CT molecular complexity index is 1470. The number of hydrogen-bond acceptors (Lipinski definition) is 6. The van der Waals surface area contributed by atoms with Gasteiger partial charge in [0.2, 0.25) is 5.91 Å². The lowest BCUT2D eigenvalue weighted by Crippen LogP contribution is -2.58. The van der Waals surface area contributed by atoms with Crippen LogP contribution in [-0.4, -0.2) is 87.3 Å². The van der Waals surface area contributed by atoms with Crippen molar-refractivity contribution in [3.05, 3.63) is 89.0 Å². The summed E-state index contributed by atoms with van der Waals surface area (Å²) in [6.07, 6.45) is 7.90. The van der Waals surface area contributed by atoms with Crippen LogP contribution in [0.15, 0.2) is 60.9 Å². The fourth-order valence-corrected chi connectivity index (χ4v) is 7.81. The first-order valence-electron chi connectivity index (χ1n) is 17.3. The number of likely N-dealkylation sites (tertiary alicyclic amines) is 3. The standard InChI is InChI=1S/C38H50N6O2/c1-28(36(45)41-20-8-9-21-41)32-12-14-33(15-13-32)44(26-31-10-6-5-7-11-31)34-16-22-43(23-17-34)38(4)18-24-42(25-19-38)37(46)35-29(2)39-27-40-30(35)3/h5-7,10-15,27-28,34H,8-9,16-26H2,1-4H3. The topological polar surface area (TPSA) is 72.9 Å². The number of carbonyl (C=O) groups is 2. The summed E-state index contributed by atoms with van der Waals surface area (Å²) in [7, 11) is 0. The van der Waals surface area contributed by atoms with Crippen LogP contribution in [0, 0.1) is 13.8 Å². The Hall–Kier alpha value is -3.78. The van der Waals surface area contributed by atoms with E-state index in [4.69, 9.17) is 0 Å². The third-order valence-corrected chi connectivity index (χ3v) is 10.9. The fraction of sp³-hybridized carbons (Fsp3) is 0.526. The molecule has 46 heavy (non-hydrogen) atoms. The van der Waals surface area contributed by atoms with Crippen molar-refractivity contribution in [3.63, 3.8) is 0 Å². The van der Waals surface area contributed by atoms with Gasteiger partial charge in [0.05, 0.1) is 22.9 Å². The van der Waals surface area contributed by atoms with Crippen LogP contribution in [0.1, 0.15) is 91.2 Å². The number of aryl methyl sites for hydroxylation is 2. The van der Waals surface area contributed by atoms with Crippen molar-refractivity contribution < 1.29 is 9.59 Å². The minimum Gasteiger partial charge on any atom is -0.364 e. The van der Waals surface area contributed by atoms with Gasteiger partial charge in [0.1, 0.15) is 6.33 Å². The van der Waals surface area contributed by atoms with Gasteiger partial charge in [-0.15, -0.1) is 0 Å². The normalized spacial score (nSPS) is 19.7. The monoisotopic (exact) mass is 622 g/mol. The van der Waals surface area contributed by atoms with Gasteiger partial charge in [0, 0.05) is 63.1 Å². The first-order chi connectivity index (χ1) is 22.2. The molecule has 3 saturated heterocycles. The summed E-state index contributed by atoms with van der Waals surface area (Å²) in [5.41, 5.74) is 5.89. The average molecular weight is 623 g/mol. The Morgan fingerprint density at radius 1 is 0.848 bits per heavy atom. The number of aromatic nitrogens is 2. The van der Waals surface area contributed by atoms with Gasteiger partial charge in [-0.1, -0.05) is 42.5 Å². The predicted molar refractivity (Wildman–Crippen MR) is 183 cm³/mol. The van der Waals surface area contributed by atoms with E-state index in [-0.39, 0.29) is 23.3 Å². The highest BCUT2D eigenvalue weighted by Crippen LogP contribution is 2.35. The highest BCUT2D eigenvalue weighted by molar-refractivity contribution is 5.96. The minimum absolute atomic E-state index is 0.0636. The van der Waals surface area contributed by atoms with Crippen LogP contribution < -0.4 is 4.90 Å². The van der Waals surface area contributed by atoms with E-state index in [1.165, 1.54) is 17.6 Å². The van der Waals surface area contributed by atoms with Gasteiger partial charge in [-0.2, -0.15) is 0 Å². The number of nitrogens with zero attached hydrogens (tertiary/aromatic N) is 6. The molecule has 2 aromatic carbocycles. The van der Waals surface area contributed by atoms with Gasteiger partial charge in [0.15, 0.2) is 0 Å². The van der Waals surface area contributed by atoms with Crippen molar-refractivity contribution in [2.75, 3.05) is 44.2 Å². The summed E-state index contributed by atoms with van der Waals surface area (Å²) in [6, 6.07) is 20.0. The van der Waals surface area contributed by atoms with Crippen molar-refractivity contribution in [1.82, 2.24) is 24.7 Å². The van der Waals surface area contributed by atoms with Crippen LogP contribution in [0.4, 0.5) is 5.69 Å². The van der Waals surface area contributed by atoms with Crippen LogP contribution in [0.2, 0.25) is 0 Å². The number of carbonyl (C=O) groups excluding carboxylic acids is 2.